The summed E-state index contributed by atoms with van der Waals surface area (Å²) in [5.74, 6) is -0.660. The van der Waals surface area contributed by atoms with E-state index in [1.54, 1.807) is 19.3 Å². The molecule has 3 amide bonds. The Balaban J connectivity index is 1.59. The highest BCUT2D eigenvalue weighted by molar-refractivity contribution is 7.17. The molecule has 3 N–H and O–H groups in total. The maximum Gasteiger partial charge on any atom is 0.325 e. The first-order valence-electron chi connectivity index (χ1n) is 7.99. The van der Waals surface area contributed by atoms with Gasteiger partial charge in [-0.05, 0) is 48.9 Å². The number of carbonyl (C=O) groups excluding carboxylic acids is 2. The summed E-state index contributed by atoms with van der Waals surface area (Å²) >= 11 is 1.08. The molecule has 0 fully saturated rings. The molecule has 3 rings (SSSR count). The number of pyridine rings is 1. The second-order valence-electron chi connectivity index (χ2n) is 5.56. The molecule has 0 saturated heterocycles. The maximum atomic E-state index is 12.9. The van der Waals surface area contributed by atoms with Crippen LogP contribution >= 0.6 is 11.3 Å². The van der Waals surface area contributed by atoms with Gasteiger partial charge in [0.2, 0.25) is 0 Å². The highest BCUT2D eigenvalue weighted by Gasteiger charge is 2.16. The smallest absolute Gasteiger partial charge is 0.325 e. The van der Waals surface area contributed by atoms with Crippen molar-refractivity contribution < 1.29 is 14.0 Å². The molecule has 0 aliphatic heterocycles. The Hall–Kier alpha value is -3.33. The number of amides is 3. The second kappa shape index (κ2) is 8.37. The quantitative estimate of drug-likeness (QED) is 0.626. The fourth-order valence-corrected chi connectivity index (χ4v) is 3.09. The number of thiazole rings is 1. The van der Waals surface area contributed by atoms with Crippen molar-refractivity contribution >= 4 is 34.1 Å². The molecular weight excluding hydrogens is 369 g/mol. The molecule has 3 aromatic rings. The second-order valence-corrected chi connectivity index (χ2v) is 6.56. The van der Waals surface area contributed by atoms with Gasteiger partial charge >= 0.3 is 6.03 Å². The minimum Gasteiger partial charge on any atom is -0.347 e. The maximum absolute atomic E-state index is 12.9. The molecule has 9 heteroatoms. The van der Waals surface area contributed by atoms with Gasteiger partial charge in [-0.2, -0.15) is 0 Å². The van der Waals surface area contributed by atoms with Crippen molar-refractivity contribution in [2.24, 2.45) is 0 Å². The van der Waals surface area contributed by atoms with Crippen LogP contribution in [0.2, 0.25) is 0 Å². The minimum absolute atomic E-state index is 0.270. The molecule has 138 valence electrons. The summed E-state index contributed by atoms with van der Waals surface area (Å²) in [7, 11) is 0. The number of aryl methyl sites for hydroxylation is 1. The number of nitrogens with one attached hydrogen (secondary N) is 3. The van der Waals surface area contributed by atoms with E-state index >= 15 is 0 Å². The average Bonchev–Trinajstić information content (AvgIpc) is 3.02. The standard InChI is InChI=1S/C18H16FN5O2S/c1-11-15(16(25)21-10-12-6-8-20-9-7-12)27-18(22-11)24-17(26)23-14-4-2-13(19)3-5-14/h2-9H,10H2,1H3,(H,21,25)(H2,22,23,24,26). The van der Waals surface area contributed by atoms with Crippen LogP contribution < -0.4 is 16.0 Å². The molecule has 2 aromatic heterocycles. The number of hydrogen-bond donors (Lipinski definition) is 3. The van der Waals surface area contributed by atoms with Crippen LogP contribution in [0.25, 0.3) is 0 Å². The fraction of sp³-hybridized carbons (Fsp3) is 0.111. The summed E-state index contributed by atoms with van der Waals surface area (Å²) in [5, 5.41) is 8.24. The van der Waals surface area contributed by atoms with Crippen molar-refractivity contribution in [2.75, 3.05) is 10.6 Å². The summed E-state index contributed by atoms with van der Waals surface area (Å²) in [6.45, 7) is 2.06. The summed E-state index contributed by atoms with van der Waals surface area (Å²) < 4.78 is 12.9. The van der Waals surface area contributed by atoms with Crippen molar-refractivity contribution in [3.63, 3.8) is 0 Å². The Bertz CT molecular complexity index is 944. The molecule has 2 heterocycles. The molecule has 7 nitrogen and oxygen atoms in total. The molecule has 0 aliphatic rings. The van der Waals surface area contributed by atoms with Gasteiger partial charge in [0.05, 0.1) is 5.69 Å². The predicted molar refractivity (Wildman–Crippen MR) is 101 cm³/mol. The molecule has 0 aliphatic carbocycles. The molecule has 0 atom stereocenters. The summed E-state index contributed by atoms with van der Waals surface area (Å²) in [5.41, 5.74) is 1.89. The fourth-order valence-electron chi connectivity index (χ4n) is 2.22. The van der Waals surface area contributed by atoms with E-state index in [4.69, 9.17) is 0 Å². The first-order valence-corrected chi connectivity index (χ1v) is 8.81. The van der Waals surface area contributed by atoms with E-state index in [1.807, 2.05) is 12.1 Å². The lowest BCUT2D eigenvalue weighted by atomic mass is 10.2. The van der Waals surface area contributed by atoms with Gasteiger partial charge in [-0.1, -0.05) is 11.3 Å². The number of nitrogens with zero attached hydrogens (tertiary/aromatic N) is 2. The van der Waals surface area contributed by atoms with Crippen LogP contribution in [0.5, 0.6) is 0 Å². The van der Waals surface area contributed by atoms with Gasteiger partial charge in [0.1, 0.15) is 10.7 Å². The van der Waals surface area contributed by atoms with Gasteiger partial charge in [-0.3, -0.25) is 15.1 Å². The first kappa shape index (κ1) is 18.5. The summed E-state index contributed by atoms with van der Waals surface area (Å²) in [4.78, 5) is 32.9. The Morgan fingerprint density at radius 2 is 1.78 bits per heavy atom. The van der Waals surface area contributed by atoms with E-state index < -0.39 is 6.03 Å². The summed E-state index contributed by atoms with van der Waals surface area (Å²) in [6.07, 6.45) is 3.31. The van der Waals surface area contributed by atoms with Gasteiger partial charge in [0, 0.05) is 24.6 Å². The van der Waals surface area contributed by atoms with Crippen molar-refractivity contribution in [1.82, 2.24) is 15.3 Å². The van der Waals surface area contributed by atoms with Crippen LogP contribution in [0, 0.1) is 12.7 Å². The Morgan fingerprint density at radius 3 is 2.48 bits per heavy atom. The number of carbonyl (C=O) groups is 2. The van der Waals surface area contributed by atoms with Crippen molar-refractivity contribution in [3.05, 3.63) is 70.7 Å². The molecule has 0 unspecified atom stereocenters. The van der Waals surface area contributed by atoms with E-state index in [0.29, 0.717) is 27.9 Å². The highest BCUT2D eigenvalue weighted by Crippen LogP contribution is 2.23. The van der Waals surface area contributed by atoms with Crippen LogP contribution in [0.3, 0.4) is 0 Å². The number of anilines is 2. The zero-order valence-corrected chi connectivity index (χ0v) is 15.1. The van der Waals surface area contributed by atoms with E-state index in [9.17, 15) is 14.0 Å². The van der Waals surface area contributed by atoms with Crippen molar-refractivity contribution in [1.29, 1.82) is 0 Å². The lowest BCUT2D eigenvalue weighted by Gasteiger charge is -2.05. The van der Waals surface area contributed by atoms with E-state index in [-0.39, 0.29) is 11.7 Å². The monoisotopic (exact) mass is 385 g/mol. The van der Waals surface area contributed by atoms with Crippen molar-refractivity contribution in [3.8, 4) is 0 Å². The van der Waals surface area contributed by atoms with Gasteiger partial charge < -0.3 is 10.6 Å². The average molecular weight is 385 g/mol. The Labute approximate surface area is 158 Å². The van der Waals surface area contributed by atoms with Gasteiger partial charge in [-0.15, -0.1) is 0 Å². The molecule has 1 aromatic carbocycles. The molecule has 0 saturated carbocycles. The molecule has 27 heavy (non-hydrogen) atoms. The summed E-state index contributed by atoms with van der Waals surface area (Å²) in [6, 6.07) is 8.47. The molecule has 0 bridgehead atoms. The van der Waals surface area contributed by atoms with Gasteiger partial charge in [0.25, 0.3) is 5.91 Å². The number of rotatable bonds is 5. The topological polar surface area (TPSA) is 96.0 Å². The Kier molecular flexibility index (Phi) is 5.72. The highest BCUT2D eigenvalue weighted by atomic mass is 32.1. The zero-order valence-electron chi connectivity index (χ0n) is 14.3. The lowest BCUT2D eigenvalue weighted by molar-refractivity contribution is 0.0954. The Morgan fingerprint density at radius 1 is 1.07 bits per heavy atom. The first-order chi connectivity index (χ1) is 13.0. The number of aromatic nitrogens is 2. The third-order valence-electron chi connectivity index (χ3n) is 3.53. The van der Waals surface area contributed by atoms with Crippen LogP contribution in [0.4, 0.5) is 20.0 Å². The SMILES string of the molecule is Cc1nc(NC(=O)Nc2ccc(F)cc2)sc1C(=O)NCc1ccncc1. The predicted octanol–water partition coefficient (Wildman–Crippen LogP) is 3.56. The van der Waals surface area contributed by atoms with Gasteiger partial charge in [0.15, 0.2) is 5.13 Å². The van der Waals surface area contributed by atoms with E-state index in [1.165, 1.54) is 24.3 Å². The van der Waals surface area contributed by atoms with Crippen LogP contribution in [-0.2, 0) is 6.54 Å². The molecule has 0 spiro atoms. The van der Waals surface area contributed by atoms with E-state index in [0.717, 1.165) is 16.9 Å². The minimum atomic E-state index is -0.529. The van der Waals surface area contributed by atoms with E-state index in [2.05, 4.69) is 25.9 Å². The molecule has 0 radical (unpaired) electrons. The normalized spacial score (nSPS) is 10.3. The van der Waals surface area contributed by atoms with Crippen LogP contribution in [0.15, 0.2) is 48.8 Å². The largest absolute Gasteiger partial charge is 0.347 e. The van der Waals surface area contributed by atoms with Crippen LogP contribution in [0.1, 0.15) is 20.9 Å². The zero-order chi connectivity index (χ0) is 19.2. The number of halogens is 1. The number of hydrogen-bond acceptors (Lipinski definition) is 5. The lowest BCUT2D eigenvalue weighted by Crippen LogP contribution is -2.22. The van der Waals surface area contributed by atoms with Gasteiger partial charge in [-0.25, -0.2) is 14.2 Å². The molecular formula is C18H16FN5O2S. The number of benzene rings is 1. The van der Waals surface area contributed by atoms with Crippen molar-refractivity contribution in [2.45, 2.75) is 13.5 Å². The third kappa shape index (κ3) is 5.08. The number of urea groups is 1. The van der Waals surface area contributed by atoms with Crippen LogP contribution in [-0.4, -0.2) is 21.9 Å². The third-order valence-corrected chi connectivity index (χ3v) is 4.60.